The van der Waals surface area contributed by atoms with Gasteiger partial charge in [-0.15, -0.1) is 0 Å². The first-order valence-corrected chi connectivity index (χ1v) is 11.3. The molecule has 0 atom stereocenters. The van der Waals surface area contributed by atoms with Crippen LogP contribution >= 0.6 is 27.7 Å². The van der Waals surface area contributed by atoms with E-state index >= 15 is 0 Å². The normalized spacial score (nSPS) is 10.8. The minimum Gasteiger partial charge on any atom is -0.431 e. The fourth-order valence-electron chi connectivity index (χ4n) is 2.99. The predicted molar refractivity (Wildman–Crippen MR) is 124 cm³/mol. The van der Waals surface area contributed by atoms with Crippen molar-refractivity contribution in [2.24, 2.45) is 0 Å². The molecule has 0 unspecified atom stereocenters. The number of aromatic nitrogens is 1. The number of rotatable bonds is 8. The highest BCUT2D eigenvalue weighted by Crippen LogP contribution is 2.28. The first kappa shape index (κ1) is 21.5. The predicted octanol–water partition coefficient (Wildman–Crippen LogP) is 5.99. The van der Waals surface area contributed by atoms with Crippen molar-refractivity contribution in [3.05, 3.63) is 58.7 Å². The van der Waals surface area contributed by atoms with Crippen molar-refractivity contribution >= 4 is 45.0 Å². The number of nitrogens with zero attached hydrogens (tertiary/aromatic N) is 2. The lowest BCUT2D eigenvalue weighted by molar-refractivity contribution is -0.113. The Hall–Kier alpha value is -2.25. The lowest BCUT2D eigenvalue weighted by Crippen LogP contribution is -2.22. The molecule has 0 aliphatic rings. The van der Waals surface area contributed by atoms with E-state index in [1.807, 2.05) is 43.3 Å². The summed E-state index contributed by atoms with van der Waals surface area (Å²) in [5, 5.41) is 3.45. The Kier molecular flexibility index (Phi) is 7.39. The second-order valence-corrected chi connectivity index (χ2v) is 8.35. The van der Waals surface area contributed by atoms with Gasteiger partial charge >= 0.3 is 0 Å². The van der Waals surface area contributed by atoms with Crippen LogP contribution in [0.5, 0.6) is 0 Å². The van der Waals surface area contributed by atoms with Gasteiger partial charge in [-0.05, 0) is 56.7 Å². The summed E-state index contributed by atoms with van der Waals surface area (Å²) < 4.78 is 6.74. The van der Waals surface area contributed by atoms with Gasteiger partial charge in [0, 0.05) is 34.5 Å². The Balaban J connectivity index is 1.58. The molecule has 0 aliphatic carbocycles. The molecule has 0 spiro atoms. The molecule has 5 nitrogen and oxygen atoms in total. The maximum absolute atomic E-state index is 12.4. The van der Waals surface area contributed by atoms with E-state index in [4.69, 9.17) is 4.42 Å². The number of amides is 1. The van der Waals surface area contributed by atoms with Crippen LogP contribution in [0.1, 0.15) is 19.4 Å². The van der Waals surface area contributed by atoms with Crippen LogP contribution in [0, 0.1) is 6.92 Å². The highest BCUT2D eigenvalue weighted by molar-refractivity contribution is 9.10. The Labute approximate surface area is 184 Å². The van der Waals surface area contributed by atoms with Crippen molar-refractivity contribution < 1.29 is 9.21 Å². The summed E-state index contributed by atoms with van der Waals surface area (Å²) in [7, 11) is 0. The summed E-state index contributed by atoms with van der Waals surface area (Å²) in [6.07, 6.45) is 1.68. The first-order valence-electron chi connectivity index (χ1n) is 9.50. The van der Waals surface area contributed by atoms with Gasteiger partial charge in [-0.2, -0.15) is 0 Å². The molecule has 29 heavy (non-hydrogen) atoms. The highest BCUT2D eigenvalue weighted by Gasteiger charge is 2.12. The number of halogens is 1. The van der Waals surface area contributed by atoms with Crippen molar-refractivity contribution in [2.75, 3.05) is 29.1 Å². The highest BCUT2D eigenvalue weighted by atomic mass is 79.9. The second kappa shape index (κ2) is 9.98. The van der Waals surface area contributed by atoms with Crippen LogP contribution in [0.15, 0.2) is 62.8 Å². The number of oxazole rings is 1. The van der Waals surface area contributed by atoms with Gasteiger partial charge in [-0.25, -0.2) is 4.98 Å². The zero-order chi connectivity index (χ0) is 20.8. The average molecular weight is 474 g/mol. The molecule has 152 valence electrons. The zero-order valence-electron chi connectivity index (χ0n) is 16.7. The zero-order valence-corrected chi connectivity index (χ0v) is 19.1. The van der Waals surface area contributed by atoms with Crippen LogP contribution < -0.4 is 10.2 Å². The molecule has 1 heterocycles. The van der Waals surface area contributed by atoms with Gasteiger partial charge in [0.2, 0.25) is 5.91 Å². The van der Waals surface area contributed by atoms with E-state index in [9.17, 15) is 4.79 Å². The molecule has 0 saturated carbocycles. The van der Waals surface area contributed by atoms with Gasteiger partial charge in [0.05, 0.1) is 11.9 Å². The molecule has 0 bridgehead atoms. The first-order chi connectivity index (χ1) is 14.0. The van der Waals surface area contributed by atoms with E-state index in [0.29, 0.717) is 11.0 Å². The van der Waals surface area contributed by atoms with E-state index < -0.39 is 0 Å². The van der Waals surface area contributed by atoms with Crippen molar-refractivity contribution in [2.45, 2.75) is 26.0 Å². The number of carbonyl (C=O) groups is 1. The summed E-state index contributed by atoms with van der Waals surface area (Å²) in [5.74, 6) is 0.823. The monoisotopic (exact) mass is 473 g/mol. The summed E-state index contributed by atoms with van der Waals surface area (Å²) in [5.41, 5.74) is 3.97. The molecule has 1 N–H and O–H groups in total. The van der Waals surface area contributed by atoms with Crippen LogP contribution in [0.2, 0.25) is 0 Å². The second-order valence-electron chi connectivity index (χ2n) is 6.51. The van der Waals surface area contributed by atoms with Gasteiger partial charge in [-0.3, -0.25) is 4.79 Å². The van der Waals surface area contributed by atoms with Crippen LogP contribution in [-0.2, 0) is 4.79 Å². The molecule has 0 fully saturated rings. The number of thioether (sulfide) groups is 1. The number of anilines is 2. The SMILES string of the molecule is CCN(CC)c1ccc(NC(=O)CSc2ncc(-c3cccc(Br)c3)o2)c(C)c1. The lowest BCUT2D eigenvalue weighted by Gasteiger charge is -2.22. The van der Waals surface area contributed by atoms with Gasteiger partial charge in [-0.1, -0.05) is 39.8 Å². The number of benzene rings is 2. The Morgan fingerprint density at radius 1 is 1.21 bits per heavy atom. The summed E-state index contributed by atoms with van der Waals surface area (Å²) >= 11 is 4.73. The van der Waals surface area contributed by atoms with Gasteiger partial charge in [0.1, 0.15) is 0 Å². The number of hydrogen-bond donors (Lipinski definition) is 1. The molecule has 7 heteroatoms. The molecule has 0 saturated heterocycles. The molecule has 3 aromatic rings. The van der Waals surface area contributed by atoms with Crippen molar-refractivity contribution in [1.29, 1.82) is 0 Å². The Morgan fingerprint density at radius 3 is 2.69 bits per heavy atom. The Bertz CT molecular complexity index is 986. The molecule has 2 aromatic carbocycles. The quantitative estimate of drug-likeness (QED) is 0.407. The van der Waals surface area contributed by atoms with Crippen LogP contribution in [0.3, 0.4) is 0 Å². The van der Waals surface area contributed by atoms with Gasteiger partial charge in [0.25, 0.3) is 5.22 Å². The fourth-order valence-corrected chi connectivity index (χ4v) is 3.99. The molecule has 3 rings (SSSR count). The van der Waals surface area contributed by atoms with Gasteiger partial charge < -0.3 is 14.6 Å². The Morgan fingerprint density at radius 2 is 2.00 bits per heavy atom. The van der Waals surface area contributed by atoms with E-state index in [-0.39, 0.29) is 11.7 Å². The standard InChI is InChI=1S/C22H24BrN3O2S/c1-4-26(5-2)18-9-10-19(15(3)11-18)25-21(27)14-29-22-24-13-20(28-22)16-7-6-8-17(23)12-16/h6-13H,4-5,14H2,1-3H3,(H,25,27). The molecule has 1 amide bonds. The third-order valence-electron chi connectivity index (χ3n) is 4.53. The number of aryl methyl sites for hydroxylation is 1. The smallest absolute Gasteiger partial charge is 0.256 e. The van der Waals surface area contributed by atoms with Crippen LogP contribution in [0.25, 0.3) is 11.3 Å². The van der Waals surface area contributed by atoms with Crippen LogP contribution in [0.4, 0.5) is 11.4 Å². The maximum Gasteiger partial charge on any atom is 0.256 e. The minimum atomic E-state index is -0.0871. The van der Waals surface area contributed by atoms with E-state index in [2.05, 4.69) is 51.0 Å². The van der Waals surface area contributed by atoms with E-state index in [0.717, 1.165) is 34.4 Å². The maximum atomic E-state index is 12.4. The van der Waals surface area contributed by atoms with Crippen molar-refractivity contribution in [3.8, 4) is 11.3 Å². The number of carbonyl (C=O) groups excluding carboxylic acids is 1. The fraction of sp³-hybridized carbons (Fsp3) is 0.273. The summed E-state index contributed by atoms with van der Waals surface area (Å²) in [6.45, 7) is 8.19. The minimum absolute atomic E-state index is 0.0871. The third-order valence-corrected chi connectivity index (χ3v) is 5.87. The van der Waals surface area contributed by atoms with E-state index in [1.165, 1.54) is 17.4 Å². The van der Waals surface area contributed by atoms with Crippen molar-refractivity contribution in [1.82, 2.24) is 4.98 Å². The number of nitrogens with one attached hydrogen (secondary N) is 1. The largest absolute Gasteiger partial charge is 0.431 e. The molecule has 0 radical (unpaired) electrons. The summed E-state index contributed by atoms with van der Waals surface area (Å²) in [4.78, 5) is 18.9. The van der Waals surface area contributed by atoms with E-state index in [1.54, 1.807) is 6.20 Å². The molecular formula is C22H24BrN3O2S. The van der Waals surface area contributed by atoms with Gasteiger partial charge in [0.15, 0.2) is 5.76 Å². The average Bonchev–Trinajstić information content (AvgIpc) is 3.18. The summed E-state index contributed by atoms with van der Waals surface area (Å²) in [6, 6.07) is 13.9. The third kappa shape index (κ3) is 5.64. The van der Waals surface area contributed by atoms with Crippen molar-refractivity contribution in [3.63, 3.8) is 0 Å². The molecule has 0 aliphatic heterocycles. The molecule has 1 aromatic heterocycles. The number of hydrogen-bond acceptors (Lipinski definition) is 5. The molecular weight excluding hydrogens is 450 g/mol. The lowest BCUT2D eigenvalue weighted by atomic mass is 10.1. The van der Waals surface area contributed by atoms with Crippen LogP contribution in [-0.4, -0.2) is 29.7 Å². The topological polar surface area (TPSA) is 58.4 Å².